The number of halogens is 1. The van der Waals surface area contributed by atoms with Gasteiger partial charge in [-0.3, -0.25) is 14.4 Å². The summed E-state index contributed by atoms with van der Waals surface area (Å²) in [4.78, 5) is 41.9. The molecule has 0 aromatic heterocycles. The van der Waals surface area contributed by atoms with Gasteiger partial charge in [0, 0.05) is 52.8 Å². The Bertz CT molecular complexity index is 986. The Hall–Kier alpha value is -3.62. The number of carbonyl (C=O) groups excluding carboxylic acids is 3. The number of nitrogens with zero attached hydrogens (tertiary/aromatic N) is 3. The van der Waals surface area contributed by atoms with E-state index >= 15 is 0 Å². The van der Waals surface area contributed by atoms with E-state index in [2.05, 4.69) is 10.2 Å². The highest BCUT2D eigenvalue weighted by molar-refractivity contribution is 6.00. The van der Waals surface area contributed by atoms with Crippen LogP contribution in [-0.4, -0.2) is 74.4 Å². The first-order chi connectivity index (χ1) is 15.2. The van der Waals surface area contributed by atoms with Gasteiger partial charge in [0.15, 0.2) is 6.61 Å². The maximum Gasteiger partial charge on any atom is 0.262 e. The van der Waals surface area contributed by atoms with Gasteiger partial charge in [0.1, 0.15) is 11.6 Å². The third-order valence-corrected chi connectivity index (χ3v) is 5.17. The van der Waals surface area contributed by atoms with Crippen molar-refractivity contribution in [2.45, 2.75) is 6.92 Å². The molecule has 8 nitrogen and oxygen atoms in total. The fourth-order valence-corrected chi connectivity index (χ4v) is 3.43. The minimum Gasteiger partial charge on any atom is -0.484 e. The molecule has 0 radical (unpaired) electrons. The van der Waals surface area contributed by atoms with Crippen molar-refractivity contribution in [1.29, 1.82) is 0 Å². The van der Waals surface area contributed by atoms with Crippen LogP contribution in [0.3, 0.4) is 0 Å². The summed E-state index contributed by atoms with van der Waals surface area (Å²) in [6.45, 7) is 3.65. The molecule has 1 saturated heterocycles. The molecular weight excluding hydrogens is 415 g/mol. The second-order valence-electron chi connectivity index (χ2n) is 7.72. The highest BCUT2D eigenvalue weighted by Crippen LogP contribution is 2.29. The molecule has 1 heterocycles. The van der Waals surface area contributed by atoms with E-state index in [1.165, 1.54) is 29.2 Å². The lowest BCUT2D eigenvalue weighted by molar-refractivity contribution is -0.129. The van der Waals surface area contributed by atoms with Crippen molar-refractivity contribution >= 4 is 29.1 Å². The molecule has 0 spiro atoms. The molecule has 0 atom stereocenters. The molecular formula is C23H27FN4O4. The molecule has 1 N–H and O–H groups in total. The Morgan fingerprint density at radius 3 is 2.28 bits per heavy atom. The lowest BCUT2D eigenvalue weighted by Gasteiger charge is -2.36. The summed E-state index contributed by atoms with van der Waals surface area (Å²) >= 11 is 0. The molecule has 0 saturated carbocycles. The van der Waals surface area contributed by atoms with Crippen molar-refractivity contribution < 1.29 is 23.5 Å². The van der Waals surface area contributed by atoms with Crippen LogP contribution in [0, 0.1) is 5.82 Å². The molecule has 0 aliphatic carbocycles. The van der Waals surface area contributed by atoms with Crippen molar-refractivity contribution in [3.63, 3.8) is 0 Å². The molecule has 2 aromatic carbocycles. The van der Waals surface area contributed by atoms with Gasteiger partial charge in [-0.25, -0.2) is 4.39 Å². The Morgan fingerprint density at radius 2 is 1.69 bits per heavy atom. The first-order valence-corrected chi connectivity index (χ1v) is 10.3. The quantitative estimate of drug-likeness (QED) is 0.742. The van der Waals surface area contributed by atoms with E-state index in [4.69, 9.17) is 4.74 Å². The lowest BCUT2D eigenvalue weighted by Crippen LogP contribution is -2.48. The van der Waals surface area contributed by atoms with Gasteiger partial charge in [0.25, 0.3) is 11.8 Å². The fraction of sp³-hybridized carbons (Fsp3) is 0.348. The lowest BCUT2D eigenvalue weighted by atomic mass is 10.1. The summed E-state index contributed by atoms with van der Waals surface area (Å²) in [6, 6.07) is 10.6. The molecule has 2 aromatic rings. The van der Waals surface area contributed by atoms with Gasteiger partial charge in [0.2, 0.25) is 5.91 Å². The van der Waals surface area contributed by atoms with E-state index in [-0.39, 0.29) is 18.4 Å². The normalized spacial score (nSPS) is 13.5. The summed E-state index contributed by atoms with van der Waals surface area (Å²) in [6.07, 6.45) is 0. The molecule has 9 heteroatoms. The first-order valence-electron chi connectivity index (χ1n) is 10.3. The standard InChI is InChI=1S/C23H27FN4O4/c1-16(29)27-10-12-28(13-11-27)21-9-4-17(23(31)26(2)3)14-20(21)25-22(30)15-32-19-7-5-18(24)6-8-19/h4-9,14H,10-13,15H2,1-3H3,(H,25,30). The highest BCUT2D eigenvalue weighted by atomic mass is 19.1. The smallest absolute Gasteiger partial charge is 0.262 e. The maximum atomic E-state index is 13.0. The third-order valence-electron chi connectivity index (χ3n) is 5.17. The summed E-state index contributed by atoms with van der Waals surface area (Å²) < 4.78 is 18.5. The van der Waals surface area contributed by atoms with Crippen molar-refractivity contribution in [3.05, 3.63) is 53.8 Å². The zero-order valence-electron chi connectivity index (χ0n) is 18.4. The maximum absolute atomic E-state index is 13.0. The molecule has 1 fully saturated rings. The van der Waals surface area contributed by atoms with E-state index < -0.39 is 11.7 Å². The largest absolute Gasteiger partial charge is 0.484 e. The number of amides is 3. The van der Waals surface area contributed by atoms with Crippen molar-refractivity contribution in [1.82, 2.24) is 9.80 Å². The van der Waals surface area contributed by atoms with E-state index in [0.717, 1.165) is 5.69 Å². The zero-order valence-corrected chi connectivity index (χ0v) is 18.4. The minimum absolute atomic E-state index is 0.0306. The number of rotatable bonds is 6. The Morgan fingerprint density at radius 1 is 1.03 bits per heavy atom. The molecule has 3 amide bonds. The number of nitrogens with one attached hydrogen (secondary N) is 1. The van der Waals surface area contributed by atoms with Crippen LogP contribution in [-0.2, 0) is 9.59 Å². The Labute approximate surface area is 186 Å². The Balaban J connectivity index is 1.76. The number of carbonyl (C=O) groups is 3. The van der Waals surface area contributed by atoms with Crippen LogP contribution in [0.25, 0.3) is 0 Å². The number of ether oxygens (including phenoxy) is 1. The van der Waals surface area contributed by atoms with E-state index in [9.17, 15) is 18.8 Å². The molecule has 0 unspecified atom stereocenters. The predicted octanol–water partition coefficient (Wildman–Crippen LogP) is 2.21. The molecule has 32 heavy (non-hydrogen) atoms. The van der Waals surface area contributed by atoms with Crippen LogP contribution >= 0.6 is 0 Å². The third kappa shape index (κ3) is 5.75. The van der Waals surface area contributed by atoms with Gasteiger partial charge in [-0.2, -0.15) is 0 Å². The topological polar surface area (TPSA) is 82.2 Å². The van der Waals surface area contributed by atoms with Gasteiger partial charge in [-0.15, -0.1) is 0 Å². The average molecular weight is 442 g/mol. The fourth-order valence-electron chi connectivity index (χ4n) is 3.43. The van der Waals surface area contributed by atoms with Gasteiger partial charge in [-0.1, -0.05) is 0 Å². The predicted molar refractivity (Wildman–Crippen MR) is 119 cm³/mol. The van der Waals surface area contributed by atoms with Gasteiger partial charge in [-0.05, 0) is 42.5 Å². The van der Waals surface area contributed by atoms with E-state index in [0.29, 0.717) is 43.2 Å². The number of anilines is 2. The number of benzene rings is 2. The Kier molecular flexibility index (Phi) is 7.29. The summed E-state index contributed by atoms with van der Waals surface area (Å²) in [5.41, 5.74) is 1.69. The summed E-state index contributed by atoms with van der Waals surface area (Å²) in [5.74, 6) is -0.580. The van der Waals surface area contributed by atoms with Crippen LogP contribution in [0.1, 0.15) is 17.3 Å². The van der Waals surface area contributed by atoms with Crippen LogP contribution in [0.15, 0.2) is 42.5 Å². The van der Waals surface area contributed by atoms with Crippen molar-refractivity contribution in [2.75, 3.05) is 57.1 Å². The van der Waals surface area contributed by atoms with Gasteiger partial charge >= 0.3 is 0 Å². The monoisotopic (exact) mass is 442 g/mol. The second-order valence-corrected chi connectivity index (χ2v) is 7.72. The molecule has 0 bridgehead atoms. The second kappa shape index (κ2) is 10.1. The average Bonchev–Trinajstić information content (AvgIpc) is 2.78. The van der Waals surface area contributed by atoms with Crippen molar-refractivity contribution in [3.8, 4) is 5.75 Å². The molecule has 170 valence electrons. The highest BCUT2D eigenvalue weighted by Gasteiger charge is 2.22. The minimum atomic E-state index is -0.410. The SMILES string of the molecule is CC(=O)N1CCN(c2ccc(C(=O)N(C)C)cc2NC(=O)COc2ccc(F)cc2)CC1. The van der Waals surface area contributed by atoms with Crippen LogP contribution in [0.2, 0.25) is 0 Å². The van der Waals surface area contributed by atoms with Crippen LogP contribution in [0.4, 0.5) is 15.8 Å². The van der Waals surface area contributed by atoms with Gasteiger partial charge < -0.3 is 24.8 Å². The summed E-state index contributed by atoms with van der Waals surface area (Å²) in [5, 5.41) is 2.83. The van der Waals surface area contributed by atoms with Crippen LogP contribution in [0.5, 0.6) is 5.75 Å². The number of hydrogen-bond donors (Lipinski definition) is 1. The van der Waals surface area contributed by atoms with E-state index in [1.807, 2.05) is 0 Å². The molecule has 1 aliphatic rings. The number of piperazine rings is 1. The molecule has 1 aliphatic heterocycles. The molecule has 3 rings (SSSR count). The first kappa shape index (κ1) is 23.1. The summed E-state index contributed by atoms with van der Waals surface area (Å²) in [7, 11) is 3.32. The van der Waals surface area contributed by atoms with Crippen molar-refractivity contribution in [2.24, 2.45) is 0 Å². The van der Waals surface area contributed by atoms with Crippen LogP contribution < -0.4 is 15.0 Å². The zero-order chi connectivity index (χ0) is 23.3. The van der Waals surface area contributed by atoms with E-state index in [1.54, 1.807) is 44.1 Å². The van der Waals surface area contributed by atoms with Gasteiger partial charge in [0.05, 0.1) is 11.4 Å². The number of hydrogen-bond acceptors (Lipinski definition) is 5.